The third-order valence-corrected chi connectivity index (χ3v) is 2.69. The highest BCUT2D eigenvalue weighted by atomic mass is 16.5. The van der Waals surface area contributed by atoms with Gasteiger partial charge < -0.3 is 9.47 Å². The molecule has 0 radical (unpaired) electrons. The molecular formula is C11H16N2O4. The first-order chi connectivity index (χ1) is 8.22. The number of carbonyl (C=O) groups is 1. The van der Waals surface area contributed by atoms with Crippen molar-refractivity contribution in [3.63, 3.8) is 0 Å². The van der Waals surface area contributed by atoms with Gasteiger partial charge in [-0.25, -0.2) is 9.48 Å². The van der Waals surface area contributed by atoms with Gasteiger partial charge in [-0.2, -0.15) is 0 Å². The Kier molecular flexibility index (Phi) is 3.63. The molecule has 17 heavy (non-hydrogen) atoms. The molecule has 1 N–H and O–H groups in total. The molecule has 1 aromatic rings. The average molecular weight is 240 g/mol. The Morgan fingerprint density at radius 2 is 2.47 bits per heavy atom. The van der Waals surface area contributed by atoms with Gasteiger partial charge in [-0.1, -0.05) is 0 Å². The number of nitrogens with zero attached hydrogens (tertiary/aromatic N) is 1. The largest absolute Gasteiger partial charge is 0.461 e. The molecule has 1 unspecified atom stereocenters. The summed E-state index contributed by atoms with van der Waals surface area (Å²) in [6.07, 6.45) is 2.52. The number of H-pyrrole nitrogens is 1. The maximum absolute atomic E-state index is 11.7. The minimum absolute atomic E-state index is 0.172. The Bertz CT molecular complexity index is 443. The van der Waals surface area contributed by atoms with E-state index in [-0.39, 0.29) is 24.1 Å². The zero-order chi connectivity index (χ0) is 12.3. The maximum atomic E-state index is 11.7. The van der Waals surface area contributed by atoms with Crippen molar-refractivity contribution in [3.8, 4) is 0 Å². The molecule has 0 bridgehead atoms. The molecule has 1 fully saturated rings. The van der Waals surface area contributed by atoms with Crippen LogP contribution in [0.3, 0.4) is 0 Å². The van der Waals surface area contributed by atoms with E-state index in [1.54, 1.807) is 6.92 Å². The SMILES string of the molecule is CCOC(=O)c1cc(=O)n(C2CCCCO2)[nH]1. The van der Waals surface area contributed by atoms with E-state index in [0.29, 0.717) is 6.61 Å². The lowest BCUT2D eigenvalue weighted by Crippen LogP contribution is -2.27. The molecule has 0 aromatic carbocycles. The molecule has 0 spiro atoms. The second-order valence-electron chi connectivity index (χ2n) is 3.92. The summed E-state index contributed by atoms with van der Waals surface area (Å²) in [6, 6.07) is 1.25. The van der Waals surface area contributed by atoms with Gasteiger partial charge in [-0.15, -0.1) is 0 Å². The van der Waals surface area contributed by atoms with Crippen LogP contribution in [-0.2, 0) is 9.47 Å². The summed E-state index contributed by atoms with van der Waals surface area (Å²) >= 11 is 0. The van der Waals surface area contributed by atoms with Crippen LogP contribution in [0, 0.1) is 0 Å². The van der Waals surface area contributed by atoms with Gasteiger partial charge in [0, 0.05) is 12.7 Å². The second kappa shape index (κ2) is 5.18. The predicted molar refractivity (Wildman–Crippen MR) is 59.8 cm³/mol. The molecule has 0 amide bonds. The summed E-state index contributed by atoms with van der Waals surface area (Å²) in [5, 5.41) is 2.74. The van der Waals surface area contributed by atoms with Gasteiger partial charge in [0.05, 0.1) is 6.61 Å². The fraction of sp³-hybridized carbons (Fsp3) is 0.636. The molecule has 6 nitrogen and oxygen atoms in total. The van der Waals surface area contributed by atoms with Crippen molar-refractivity contribution in [1.82, 2.24) is 9.78 Å². The fourth-order valence-corrected chi connectivity index (χ4v) is 1.86. The summed E-state index contributed by atoms with van der Waals surface area (Å²) in [5.41, 5.74) is -0.0917. The molecule has 0 saturated carbocycles. The number of hydrogen-bond acceptors (Lipinski definition) is 4. The van der Waals surface area contributed by atoms with E-state index >= 15 is 0 Å². The summed E-state index contributed by atoms with van der Waals surface area (Å²) in [5.74, 6) is -0.515. The Hall–Kier alpha value is -1.56. The van der Waals surface area contributed by atoms with Crippen LogP contribution >= 0.6 is 0 Å². The Labute approximate surface area is 98.5 Å². The summed E-state index contributed by atoms with van der Waals surface area (Å²) in [7, 11) is 0. The van der Waals surface area contributed by atoms with Crippen LogP contribution in [-0.4, -0.2) is 29.0 Å². The van der Waals surface area contributed by atoms with Crippen molar-refractivity contribution in [3.05, 3.63) is 22.1 Å². The van der Waals surface area contributed by atoms with E-state index in [0.717, 1.165) is 19.3 Å². The van der Waals surface area contributed by atoms with Crippen molar-refractivity contribution >= 4 is 5.97 Å². The van der Waals surface area contributed by atoms with E-state index in [2.05, 4.69) is 5.10 Å². The standard InChI is InChI=1S/C11H16N2O4/c1-2-16-11(15)8-7-9(14)13(12-8)10-5-3-4-6-17-10/h7,10,12H,2-6H2,1H3. The molecule has 1 aromatic heterocycles. The molecule has 94 valence electrons. The molecule has 2 heterocycles. The normalized spacial score (nSPS) is 20.2. The number of ether oxygens (including phenoxy) is 2. The van der Waals surface area contributed by atoms with Crippen LogP contribution < -0.4 is 5.56 Å². The zero-order valence-electron chi connectivity index (χ0n) is 9.77. The van der Waals surface area contributed by atoms with E-state index in [1.807, 2.05) is 0 Å². The van der Waals surface area contributed by atoms with E-state index in [9.17, 15) is 9.59 Å². The summed E-state index contributed by atoms with van der Waals surface area (Å²) < 4.78 is 11.7. The van der Waals surface area contributed by atoms with Gasteiger partial charge in [0.2, 0.25) is 0 Å². The summed E-state index contributed by atoms with van der Waals surface area (Å²) in [6.45, 7) is 2.65. The molecule has 1 saturated heterocycles. The average Bonchev–Trinajstić information content (AvgIpc) is 2.73. The quantitative estimate of drug-likeness (QED) is 0.801. The Balaban J connectivity index is 2.18. The van der Waals surface area contributed by atoms with Crippen molar-refractivity contribution in [1.29, 1.82) is 0 Å². The van der Waals surface area contributed by atoms with Crippen LogP contribution in [0.2, 0.25) is 0 Å². The third-order valence-electron chi connectivity index (χ3n) is 2.69. The monoisotopic (exact) mass is 240 g/mol. The van der Waals surface area contributed by atoms with Crippen LogP contribution in [0.4, 0.5) is 0 Å². The molecule has 1 aliphatic rings. The lowest BCUT2D eigenvalue weighted by atomic mass is 10.2. The first-order valence-corrected chi connectivity index (χ1v) is 5.82. The topological polar surface area (TPSA) is 73.3 Å². The van der Waals surface area contributed by atoms with Crippen LogP contribution in [0.15, 0.2) is 10.9 Å². The highest BCUT2D eigenvalue weighted by molar-refractivity contribution is 5.86. The number of rotatable bonds is 3. The molecule has 1 atom stereocenters. The van der Waals surface area contributed by atoms with Gasteiger partial charge in [-0.3, -0.25) is 9.89 Å². The smallest absolute Gasteiger partial charge is 0.356 e. The number of aromatic nitrogens is 2. The minimum atomic E-state index is -0.515. The van der Waals surface area contributed by atoms with Crippen molar-refractivity contribution in [2.75, 3.05) is 13.2 Å². The second-order valence-corrected chi connectivity index (χ2v) is 3.92. The van der Waals surface area contributed by atoms with Crippen molar-refractivity contribution < 1.29 is 14.3 Å². The predicted octanol–water partition coefficient (Wildman–Crippen LogP) is 1.05. The van der Waals surface area contributed by atoms with Gasteiger partial charge in [0.15, 0.2) is 6.23 Å². The Morgan fingerprint density at radius 1 is 1.65 bits per heavy atom. The molecule has 0 aliphatic carbocycles. The van der Waals surface area contributed by atoms with Gasteiger partial charge >= 0.3 is 5.97 Å². The van der Waals surface area contributed by atoms with E-state index < -0.39 is 5.97 Å². The number of aromatic amines is 1. The minimum Gasteiger partial charge on any atom is -0.461 e. The van der Waals surface area contributed by atoms with Gasteiger partial charge in [-0.05, 0) is 26.2 Å². The summed E-state index contributed by atoms with van der Waals surface area (Å²) in [4.78, 5) is 23.1. The Morgan fingerprint density at radius 3 is 3.12 bits per heavy atom. The van der Waals surface area contributed by atoms with Crippen LogP contribution in [0.25, 0.3) is 0 Å². The number of hydrogen-bond donors (Lipinski definition) is 1. The number of esters is 1. The van der Waals surface area contributed by atoms with Crippen molar-refractivity contribution in [2.45, 2.75) is 32.4 Å². The first-order valence-electron chi connectivity index (χ1n) is 5.82. The zero-order valence-corrected chi connectivity index (χ0v) is 9.77. The van der Waals surface area contributed by atoms with Crippen molar-refractivity contribution in [2.24, 2.45) is 0 Å². The van der Waals surface area contributed by atoms with E-state index in [1.165, 1.54) is 10.7 Å². The van der Waals surface area contributed by atoms with Crippen LogP contribution in [0.5, 0.6) is 0 Å². The molecule has 6 heteroatoms. The highest BCUT2D eigenvalue weighted by Gasteiger charge is 2.20. The molecular weight excluding hydrogens is 224 g/mol. The maximum Gasteiger partial charge on any atom is 0.356 e. The van der Waals surface area contributed by atoms with E-state index in [4.69, 9.17) is 9.47 Å². The molecule has 1 aliphatic heterocycles. The third kappa shape index (κ3) is 2.58. The lowest BCUT2D eigenvalue weighted by Gasteiger charge is -2.22. The first kappa shape index (κ1) is 11.9. The van der Waals surface area contributed by atoms with Gasteiger partial charge in [0.1, 0.15) is 5.69 Å². The number of carbonyl (C=O) groups excluding carboxylic acids is 1. The molecule has 2 rings (SSSR count). The number of nitrogens with one attached hydrogen (secondary N) is 1. The van der Waals surface area contributed by atoms with Crippen LogP contribution in [0.1, 0.15) is 42.9 Å². The van der Waals surface area contributed by atoms with Gasteiger partial charge in [0.25, 0.3) is 5.56 Å². The highest BCUT2D eigenvalue weighted by Crippen LogP contribution is 2.20. The lowest BCUT2D eigenvalue weighted by molar-refractivity contribution is -0.0416. The fourth-order valence-electron chi connectivity index (χ4n) is 1.86.